The molecule has 2 saturated carbocycles. The second-order valence-corrected chi connectivity index (χ2v) is 8.35. The first-order valence-corrected chi connectivity index (χ1v) is 9.81. The van der Waals surface area contributed by atoms with Gasteiger partial charge in [-0.15, -0.1) is 12.4 Å². The lowest BCUT2D eigenvalue weighted by Gasteiger charge is -2.37. The standard InChI is InChI=1S/C21H30N2O2.ClH/c1-13-3-4-14(2)18(11-13)25-17-7-9-23(10-8-17)21(24)19-15-5-6-16(12-15)20(19)22;/h3-4,11,15-17,19-20H,5-10,12,22H2,1-2H3;1H. The van der Waals surface area contributed by atoms with Crippen molar-refractivity contribution in [2.24, 2.45) is 23.5 Å². The highest BCUT2D eigenvalue weighted by atomic mass is 35.5. The van der Waals surface area contributed by atoms with Gasteiger partial charge in [0, 0.05) is 32.0 Å². The van der Waals surface area contributed by atoms with Crippen molar-refractivity contribution in [3.05, 3.63) is 29.3 Å². The number of likely N-dealkylation sites (tertiary alicyclic amines) is 1. The van der Waals surface area contributed by atoms with Crippen molar-refractivity contribution in [2.45, 2.75) is 58.1 Å². The van der Waals surface area contributed by atoms with E-state index >= 15 is 0 Å². The number of carbonyl (C=O) groups is 1. The van der Waals surface area contributed by atoms with Gasteiger partial charge in [-0.05, 0) is 62.1 Å². The number of piperidine rings is 1. The fourth-order valence-electron chi connectivity index (χ4n) is 5.12. The number of rotatable bonds is 3. The predicted octanol–water partition coefficient (Wildman–Crippen LogP) is 3.47. The summed E-state index contributed by atoms with van der Waals surface area (Å²) in [6.07, 6.45) is 5.62. The van der Waals surface area contributed by atoms with Crippen LogP contribution in [0.5, 0.6) is 5.75 Å². The van der Waals surface area contributed by atoms with Crippen LogP contribution in [0.4, 0.5) is 0 Å². The Kier molecular flexibility index (Phi) is 5.83. The van der Waals surface area contributed by atoms with Gasteiger partial charge in [0.25, 0.3) is 0 Å². The van der Waals surface area contributed by atoms with Crippen molar-refractivity contribution in [2.75, 3.05) is 13.1 Å². The highest BCUT2D eigenvalue weighted by Crippen LogP contribution is 2.48. The van der Waals surface area contributed by atoms with E-state index in [1.165, 1.54) is 30.4 Å². The van der Waals surface area contributed by atoms with Gasteiger partial charge >= 0.3 is 0 Å². The van der Waals surface area contributed by atoms with Crippen molar-refractivity contribution in [3.63, 3.8) is 0 Å². The summed E-state index contributed by atoms with van der Waals surface area (Å²) in [4.78, 5) is 15.0. The Morgan fingerprint density at radius 2 is 1.81 bits per heavy atom. The van der Waals surface area contributed by atoms with Gasteiger partial charge in [0.2, 0.25) is 5.91 Å². The summed E-state index contributed by atoms with van der Waals surface area (Å²) in [5.41, 5.74) is 8.76. The normalized spacial score (nSPS) is 31.0. The van der Waals surface area contributed by atoms with E-state index in [0.29, 0.717) is 17.7 Å². The Morgan fingerprint density at radius 3 is 2.46 bits per heavy atom. The highest BCUT2D eigenvalue weighted by molar-refractivity contribution is 5.85. The Hall–Kier alpha value is -1.26. The number of amides is 1. The largest absolute Gasteiger partial charge is 0.490 e. The zero-order chi connectivity index (χ0) is 17.6. The van der Waals surface area contributed by atoms with E-state index in [1.54, 1.807) is 0 Å². The lowest BCUT2D eigenvalue weighted by atomic mass is 9.83. The third-order valence-electron chi connectivity index (χ3n) is 6.66. The number of nitrogens with zero attached hydrogens (tertiary/aromatic N) is 1. The maximum absolute atomic E-state index is 13.0. The van der Waals surface area contributed by atoms with Crippen LogP contribution in [-0.4, -0.2) is 36.0 Å². The average Bonchev–Trinajstić information content (AvgIpc) is 3.19. The van der Waals surface area contributed by atoms with Gasteiger partial charge in [-0.2, -0.15) is 0 Å². The second-order valence-electron chi connectivity index (χ2n) is 8.35. The van der Waals surface area contributed by atoms with E-state index in [9.17, 15) is 4.79 Å². The maximum Gasteiger partial charge on any atom is 0.227 e. The summed E-state index contributed by atoms with van der Waals surface area (Å²) in [6.45, 7) is 5.78. The van der Waals surface area contributed by atoms with Gasteiger partial charge in [0.1, 0.15) is 11.9 Å². The Labute approximate surface area is 162 Å². The van der Waals surface area contributed by atoms with Crippen LogP contribution in [-0.2, 0) is 4.79 Å². The molecule has 1 aromatic rings. The van der Waals surface area contributed by atoms with E-state index in [1.807, 2.05) is 4.90 Å². The van der Waals surface area contributed by atoms with E-state index in [0.717, 1.165) is 31.7 Å². The Bertz CT molecular complexity index is 655. The molecular formula is C21H31ClN2O2. The molecule has 0 spiro atoms. The van der Waals surface area contributed by atoms with Crippen LogP contribution in [0.3, 0.4) is 0 Å². The van der Waals surface area contributed by atoms with Crippen LogP contribution in [0, 0.1) is 31.6 Å². The van der Waals surface area contributed by atoms with Gasteiger partial charge in [-0.25, -0.2) is 0 Å². The number of halogens is 1. The molecule has 1 aromatic carbocycles. The molecule has 4 unspecified atom stereocenters. The molecule has 4 rings (SSSR count). The molecule has 3 aliphatic rings. The quantitative estimate of drug-likeness (QED) is 0.876. The predicted molar refractivity (Wildman–Crippen MR) is 106 cm³/mol. The van der Waals surface area contributed by atoms with Crippen molar-refractivity contribution in [1.82, 2.24) is 4.90 Å². The molecule has 4 atom stereocenters. The van der Waals surface area contributed by atoms with Gasteiger partial charge in [-0.3, -0.25) is 4.79 Å². The number of nitrogens with two attached hydrogens (primary N) is 1. The smallest absolute Gasteiger partial charge is 0.227 e. The van der Waals surface area contributed by atoms with Crippen LogP contribution in [0.2, 0.25) is 0 Å². The Balaban J connectivity index is 0.00000196. The molecule has 5 heteroatoms. The fourth-order valence-corrected chi connectivity index (χ4v) is 5.12. The molecular weight excluding hydrogens is 348 g/mol. The van der Waals surface area contributed by atoms with E-state index in [4.69, 9.17) is 10.5 Å². The molecule has 2 bridgehead atoms. The minimum absolute atomic E-state index is 0. The third kappa shape index (κ3) is 3.59. The van der Waals surface area contributed by atoms with Crippen LogP contribution in [0.1, 0.15) is 43.2 Å². The molecule has 144 valence electrons. The number of benzene rings is 1. The topological polar surface area (TPSA) is 55.6 Å². The lowest BCUT2D eigenvalue weighted by Crippen LogP contribution is -2.50. The number of hydrogen-bond acceptors (Lipinski definition) is 3. The first-order valence-electron chi connectivity index (χ1n) is 9.81. The van der Waals surface area contributed by atoms with Gasteiger partial charge < -0.3 is 15.4 Å². The number of aryl methyl sites for hydroxylation is 2. The molecule has 26 heavy (non-hydrogen) atoms. The highest BCUT2D eigenvalue weighted by Gasteiger charge is 2.50. The number of hydrogen-bond donors (Lipinski definition) is 1. The van der Waals surface area contributed by atoms with Crippen molar-refractivity contribution in [3.8, 4) is 5.75 Å². The molecule has 0 radical (unpaired) electrons. The molecule has 2 aliphatic carbocycles. The Morgan fingerprint density at radius 1 is 1.12 bits per heavy atom. The molecule has 1 heterocycles. The summed E-state index contributed by atoms with van der Waals surface area (Å²) in [6, 6.07) is 6.43. The van der Waals surface area contributed by atoms with E-state index < -0.39 is 0 Å². The monoisotopic (exact) mass is 378 g/mol. The summed E-state index contributed by atoms with van der Waals surface area (Å²) in [5.74, 6) is 2.50. The zero-order valence-electron chi connectivity index (χ0n) is 15.8. The molecule has 4 nitrogen and oxygen atoms in total. The fraction of sp³-hybridized carbons (Fsp3) is 0.667. The molecule has 1 aliphatic heterocycles. The summed E-state index contributed by atoms with van der Waals surface area (Å²) in [7, 11) is 0. The zero-order valence-corrected chi connectivity index (χ0v) is 16.6. The lowest BCUT2D eigenvalue weighted by molar-refractivity contribution is -0.139. The van der Waals surface area contributed by atoms with Gasteiger partial charge in [-0.1, -0.05) is 12.1 Å². The number of ether oxygens (including phenoxy) is 1. The molecule has 0 aromatic heterocycles. The van der Waals surface area contributed by atoms with Crippen LogP contribution in [0.15, 0.2) is 18.2 Å². The first-order chi connectivity index (χ1) is 12.0. The third-order valence-corrected chi connectivity index (χ3v) is 6.66. The molecule has 2 N–H and O–H groups in total. The minimum atomic E-state index is 0. The van der Waals surface area contributed by atoms with Crippen molar-refractivity contribution >= 4 is 18.3 Å². The maximum atomic E-state index is 13.0. The van der Waals surface area contributed by atoms with Gasteiger partial charge in [0.15, 0.2) is 0 Å². The van der Waals surface area contributed by atoms with E-state index in [-0.39, 0.29) is 30.5 Å². The van der Waals surface area contributed by atoms with Gasteiger partial charge in [0.05, 0.1) is 5.92 Å². The van der Waals surface area contributed by atoms with Crippen LogP contribution in [0.25, 0.3) is 0 Å². The average molecular weight is 379 g/mol. The summed E-state index contributed by atoms with van der Waals surface area (Å²) < 4.78 is 6.23. The summed E-state index contributed by atoms with van der Waals surface area (Å²) >= 11 is 0. The van der Waals surface area contributed by atoms with Crippen LogP contribution >= 0.6 is 12.4 Å². The minimum Gasteiger partial charge on any atom is -0.490 e. The van der Waals surface area contributed by atoms with Crippen LogP contribution < -0.4 is 10.5 Å². The molecule has 1 saturated heterocycles. The number of fused-ring (bicyclic) bond motifs is 2. The van der Waals surface area contributed by atoms with Crippen molar-refractivity contribution in [1.29, 1.82) is 0 Å². The molecule has 1 amide bonds. The SMILES string of the molecule is Cc1ccc(C)c(OC2CCN(C(=O)C3C4CCC(C4)C3N)CC2)c1.Cl. The van der Waals surface area contributed by atoms with Crippen molar-refractivity contribution < 1.29 is 9.53 Å². The summed E-state index contributed by atoms with van der Waals surface area (Å²) in [5, 5.41) is 0. The second kappa shape index (κ2) is 7.77. The molecule has 3 fully saturated rings. The number of carbonyl (C=O) groups excluding carboxylic acids is 1. The first kappa shape index (κ1) is 19.5. The van der Waals surface area contributed by atoms with E-state index in [2.05, 4.69) is 32.0 Å².